The minimum absolute atomic E-state index is 0.0366. The van der Waals surface area contributed by atoms with Crippen molar-refractivity contribution in [3.05, 3.63) is 34.3 Å². The Labute approximate surface area is 126 Å². The first-order valence-corrected chi connectivity index (χ1v) is 8.59. The van der Waals surface area contributed by atoms with Crippen molar-refractivity contribution in [1.29, 1.82) is 0 Å². The second-order valence-electron chi connectivity index (χ2n) is 5.08. The molecule has 1 aromatic carbocycles. The van der Waals surface area contributed by atoms with E-state index < -0.39 is 10.8 Å². The van der Waals surface area contributed by atoms with Crippen LogP contribution in [-0.2, 0) is 23.8 Å². The summed E-state index contributed by atoms with van der Waals surface area (Å²) in [5, 5.41) is 3.50. The molecule has 0 spiro atoms. The maximum Gasteiger partial charge on any atom is 0.317 e. The number of nitrogens with zero attached hydrogens (tertiary/aromatic N) is 1. The lowest BCUT2D eigenvalue weighted by molar-refractivity contribution is 0.192. The maximum absolute atomic E-state index is 12.1. The van der Waals surface area contributed by atoms with Crippen molar-refractivity contribution >= 4 is 28.4 Å². The van der Waals surface area contributed by atoms with Crippen LogP contribution in [0.15, 0.2) is 18.2 Å². The first kappa shape index (κ1) is 15.3. The molecule has 0 bridgehead atoms. The third-order valence-corrected chi connectivity index (χ3v) is 5.11. The summed E-state index contributed by atoms with van der Waals surface area (Å²) in [6, 6.07) is 5.72. The molecule has 4 nitrogen and oxygen atoms in total. The molecule has 0 saturated carbocycles. The minimum atomic E-state index is -0.922. The van der Waals surface area contributed by atoms with Gasteiger partial charge in [-0.25, -0.2) is 4.79 Å². The SMILES string of the molecule is CC(CNC(=O)N1CCc2ccc(Cl)cc2C1)S(C)=O. The van der Waals surface area contributed by atoms with Crippen molar-refractivity contribution in [3.8, 4) is 0 Å². The Bertz CT molecular complexity index is 536. The molecule has 0 saturated heterocycles. The van der Waals surface area contributed by atoms with Crippen LogP contribution in [0.25, 0.3) is 0 Å². The highest BCUT2D eigenvalue weighted by molar-refractivity contribution is 7.84. The number of benzene rings is 1. The lowest BCUT2D eigenvalue weighted by atomic mass is 10.0. The topological polar surface area (TPSA) is 49.4 Å². The number of carbonyl (C=O) groups is 1. The number of rotatable bonds is 3. The van der Waals surface area contributed by atoms with Gasteiger partial charge in [0.05, 0.1) is 0 Å². The van der Waals surface area contributed by atoms with Crippen molar-refractivity contribution < 1.29 is 9.00 Å². The molecule has 1 heterocycles. The number of nitrogens with one attached hydrogen (secondary N) is 1. The second kappa shape index (κ2) is 6.59. The third-order valence-electron chi connectivity index (χ3n) is 3.58. The molecule has 0 fully saturated rings. The summed E-state index contributed by atoms with van der Waals surface area (Å²) >= 11 is 5.99. The van der Waals surface area contributed by atoms with Gasteiger partial charge in [0.15, 0.2) is 0 Å². The fourth-order valence-corrected chi connectivity index (χ4v) is 2.67. The Morgan fingerprint density at radius 3 is 2.95 bits per heavy atom. The van der Waals surface area contributed by atoms with Gasteiger partial charge in [-0.1, -0.05) is 17.7 Å². The zero-order chi connectivity index (χ0) is 14.7. The number of amides is 2. The summed E-state index contributed by atoms with van der Waals surface area (Å²) in [7, 11) is -0.922. The first-order chi connectivity index (χ1) is 9.47. The molecule has 2 atom stereocenters. The van der Waals surface area contributed by atoms with Crippen LogP contribution in [0.3, 0.4) is 0 Å². The molecule has 2 rings (SSSR count). The van der Waals surface area contributed by atoms with E-state index in [0.717, 1.165) is 12.0 Å². The van der Waals surface area contributed by atoms with Crippen LogP contribution < -0.4 is 5.32 Å². The Balaban J connectivity index is 1.95. The van der Waals surface area contributed by atoms with Gasteiger partial charge in [-0.3, -0.25) is 4.21 Å². The van der Waals surface area contributed by atoms with Gasteiger partial charge in [-0.15, -0.1) is 0 Å². The highest BCUT2D eigenvalue weighted by atomic mass is 35.5. The molecule has 1 aromatic rings. The monoisotopic (exact) mass is 314 g/mol. The zero-order valence-electron chi connectivity index (χ0n) is 11.7. The van der Waals surface area contributed by atoms with Crippen LogP contribution in [0, 0.1) is 0 Å². The molecule has 110 valence electrons. The van der Waals surface area contributed by atoms with Crippen molar-refractivity contribution in [2.45, 2.75) is 25.1 Å². The number of halogens is 1. The van der Waals surface area contributed by atoms with E-state index in [9.17, 15) is 9.00 Å². The number of carbonyl (C=O) groups excluding carboxylic acids is 1. The summed E-state index contributed by atoms with van der Waals surface area (Å²) in [6.45, 7) is 3.57. The third kappa shape index (κ3) is 3.73. The quantitative estimate of drug-likeness (QED) is 0.929. The van der Waals surface area contributed by atoms with Gasteiger partial charge in [-0.05, 0) is 36.6 Å². The second-order valence-corrected chi connectivity index (χ2v) is 7.32. The van der Waals surface area contributed by atoms with Gasteiger partial charge in [0, 0.05) is 47.0 Å². The molecule has 1 aliphatic rings. The van der Waals surface area contributed by atoms with E-state index in [1.54, 1.807) is 11.2 Å². The standard InChI is InChI=1S/C14H19ClN2O2S/c1-10(20(2)19)8-16-14(18)17-6-5-11-3-4-13(15)7-12(11)9-17/h3-4,7,10H,5-6,8-9H2,1-2H3,(H,16,18). The summed E-state index contributed by atoms with van der Waals surface area (Å²) < 4.78 is 11.3. The Kier molecular flexibility index (Phi) is 5.05. The first-order valence-electron chi connectivity index (χ1n) is 6.59. The van der Waals surface area contributed by atoms with Crippen LogP contribution >= 0.6 is 11.6 Å². The van der Waals surface area contributed by atoms with Crippen molar-refractivity contribution in [2.75, 3.05) is 19.3 Å². The molecule has 1 N–H and O–H groups in total. The number of urea groups is 1. The average molecular weight is 315 g/mol. The van der Waals surface area contributed by atoms with Gasteiger partial charge in [-0.2, -0.15) is 0 Å². The summed E-state index contributed by atoms with van der Waals surface area (Å²) in [4.78, 5) is 13.9. The molecule has 0 aromatic heterocycles. The molecule has 0 radical (unpaired) electrons. The van der Waals surface area contributed by atoms with E-state index in [-0.39, 0.29) is 11.3 Å². The minimum Gasteiger partial charge on any atom is -0.337 e. The normalized spacial score (nSPS) is 17.2. The Morgan fingerprint density at radius 2 is 2.25 bits per heavy atom. The lowest BCUT2D eigenvalue weighted by Gasteiger charge is -2.29. The summed E-state index contributed by atoms with van der Waals surface area (Å²) in [5.74, 6) is 0. The highest BCUT2D eigenvalue weighted by Crippen LogP contribution is 2.22. The van der Waals surface area contributed by atoms with Gasteiger partial charge >= 0.3 is 6.03 Å². The smallest absolute Gasteiger partial charge is 0.317 e. The van der Waals surface area contributed by atoms with E-state index in [0.29, 0.717) is 24.7 Å². The molecular formula is C14H19ClN2O2S. The largest absolute Gasteiger partial charge is 0.337 e. The van der Waals surface area contributed by atoms with E-state index in [1.807, 2.05) is 25.1 Å². The summed E-state index contributed by atoms with van der Waals surface area (Å²) in [6.07, 6.45) is 2.49. The fraction of sp³-hybridized carbons (Fsp3) is 0.500. The number of hydrogen-bond acceptors (Lipinski definition) is 2. The molecule has 0 aliphatic carbocycles. The molecule has 2 amide bonds. The Morgan fingerprint density at radius 1 is 1.50 bits per heavy atom. The molecule has 1 aliphatic heterocycles. The summed E-state index contributed by atoms with van der Waals surface area (Å²) in [5.41, 5.74) is 2.35. The van der Waals surface area contributed by atoms with Crippen molar-refractivity contribution in [3.63, 3.8) is 0 Å². The number of fused-ring (bicyclic) bond motifs is 1. The van der Waals surface area contributed by atoms with E-state index in [1.165, 1.54) is 5.56 Å². The molecule has 2 unspecified atom stereocenters. The van der Waals surface area contributed by atoms with Crippen molar-refractivity contribution in [2.24, 2.45) is 0 Å². The number of hydrogen-bond donors (Lipinski definition) is 1. The van der Waals surface area contributed by atoms with Crippen LogP contribution in [0.2, 0.25) is 5.02 Å². The predicted molar refractivity (Wildman–Crippen MR) is 82.5 cm³/mol. The Hall–Kier alpha value is -1.07. The van der Waals surface area contributed by atoms with E-state index in [4.69, 9.17) is 11.6 Å². The molecule has 6 heteroatoms. The van der Waals surface area contributed by atoms with Gasteiger partial charge in [0.25, 0.3) is 0 Å². The van der Waals surface area contributed by atoms with Crippen LogP contribution in [0.5, 0.6) is 0 Å². The van der Waals surface area contributed by atoms with E-state index in [2.05, 4.69) is 5.32 Å². The van der Waals surface area contributed by atoms with Gasteiger partial charge in [0.2, 0.25) is 0 Å². The zero-order valence-corrected chi connectivity index (χ0v) is 13.3. The molecule has 20 heavy (non-hydrogen) atoms. The lowest BCUT2D eigenvalue weighted by Crippen LogP contribution is -2.45. The predicted octanol–water partition coefficient (Wildman–Crippen LogP) is 2.17. The maximum atomic E-state index is 12.1. The van der Waals surface area contributed by atoms with Gasteiger partial charge < -0.3 is 10.2 Å². The van der Waals surface area contributed by atoms with E-state index >= 15 is 0 Å². The van der Waals surface area contributed by atoms with Crippen LogP contribution in [0.1, 0.15) is 18.1 Å². The van der Waals surface area contributed by atoms with Crippen molar-refractivity contribution in [1.82, 2.24) is 10.2 Å². The average Bonchev–Trinajstić information content (AvgIpc) is 2.43. The van der Waals surface area contributed by atoms with Gasteiger partial charge in [0.1, 0.15) is 0 Å². The van der Waals surface area contributed by atoms with Crippen LogP contribution in [0.4, 0.5) is 4.79 Å². The fourth-order valence-electron chi connectivity index (χ4n) is 2.16. The van der Waals surface area contributed by atoms with Crippen LogP contribution in [-0.4, -0.2) is 39.7 Å². The highest BCUT2D eigenvalue weighted by Gasteiger charge is 2.21. The molecular weight excluding hydrogens is 296 g/mol.